The quantitative estimate of drug-likeness (QED) is 0.729. The first-order chi connectivity index (χ1) is 16.2. The van der Waals surface area contributed by atoms with E-state index in [1.165, 1.54) is 0 Å². The van der Waals surface area contributed by atoms with Gasteiger partial charge in [-0.05, 0) is 43.9 Å². The van der Waals surface area contributed by atoms with E-state index in [4.69, 9.17) is 14.2 Å². The van der Waals surface area contributed by atoms with E-state index in [1.807, 2.05) is 4.90 Å². The molecule has 2 aromatic rings. The van der Waals surface area contributed by atoms with Crippen LogP contribution in [0.1, 0.15) is 36.0 Å². The lowest BCUT2D eigenvalue weighted by molar-refractivity contribution is -0.117. The van der Waals surface area contributed by atoms with Gasteiger partial charge < -0.3 is 29.7 Å². The van der Waals surface area contributed by atoms with Gasteiger partial charge in [-0.15, -0.1) is 10.2 Å². The number of nitrogens with one attached hydrogen (secondary N) is 2. The van der Waals surface area contributed by atoms with Crippen molar-refractivity contribution < 1.29 is 23.8 Å². The number of anilines is 3. The summed E-state index contributed by atoms with van der Waals surface area (Å²) in [5, 5.41) is 14.3. The van der Waals surface area contributed by atoms with Crippen LogP contribution in [0.5, 0.6) is 11.6 Å². The first kappa shape index (κ1) is 21.4. The molecule has 174 valence electrons. The maximum absolute atomic E-state index is 12.9. The standard InChI is InChI=1S/C23H27N5O5/c29-21(15-3-4-15)25-20-14-18-22(27-26-20)33-12-10-31-9-11-32-19-13-16(5-6-17(19)24-18)23(30)28-7-1-2-8-28/h5-6,13-15,24H,1-4,7-12H2,(H,25,26,29). The lowest BCUT2D eigenvalue weighted by Gasteiger charge is -2.20. The summed E-state index contributed by atoms with van der Waals surface area (Å²) in [4.78, 5) is 26.9. The molecule has 2 amide bonds. The fourth-order valence-corrected chi connectivity index (χ4v) is 3.85. The third kappa shape index (κ3) is 5.16. The van der Waals surface area contributed by atoms with Gasteiger partial charge in [0, 0.05) is 30.6 Å². The predicted molar refractivity (Wildman–Crippen MR) is 120 cm³/mol. The van der Waals surface area contributed by atoms with Gasteiger partial charge >= 0.3 is 0 Å². The summed E-state index contributed by atoms with van der Waals surface area (Å²) >= 11 is 0. The van der Waals surface area contributed by atoms with Crippen LogP contribution in [-0.4, -0.2) is 66.4 Å². The Morgan fingerprint density at radius 3 is 2.55 bits per heavy atom. The Hall–Kier alpha value is -3.40. The van der Waals surface area contributed by atoms with Gasteiger partial charge in [0.05, 0.1) is 18.9 Å². The van der Waals surface area contributed by atoms with Crippen LogP contribution in [0.4, 0.5) is 17.2 Å². The van der Waals surface area contributed by atoms with Gasteiger partial charge in [0.1, 0.15) is 24.7 Å². The van der Waals surface area contributed by atoms with Crippen molar-refractivity contribution in [2.75, 3.05) is 50.2 Å². The van der Waals surface area contributed by atoms with E-state index in [0.29, 0.717) is 54.9 Å². The molecule has 2 fully saturated rings. The number of rotatable bonds is 3. The number of fused-ring (bicyclic) bond motifs is 2. The van der Waals surface area contributed by atoms with Gasteiger partial charge in [-0.25, -0.2) is 0 Å². The first-order valence-corrected chi connectivity index (χ1v) is 11.4. The normalized spacial score (nSPS) is 18.4. The van der Waals surface area contributed by atoms with Crippen molar-refractivity contribution >= 4 is 29.0 Å². The molecule has 33 heavy (non-hydrogen) atoms. The summed E-state index contributed by atoms with van der Waals surface area (Å²) in [5.41, 5.74) is 1.75. The molecule has 3 heterocycles. The van der Waals surface area contributed by atoms with E-state index in [9.17, 15) is 9.59 Å². The van der Waals surface area contributed by atoms with Gasteiger partial charge in [0.25, 0.3) is 11.8 Å². The smallest absolute Gasteiger partial charge is 0.257 e. The summed E-state index contributed by atoms with van der Waals surface area (Å²) in [6.45, 7) is 2.94. The first-order valence-electron chi connectivity index (χ1n) is 11.4. The number of aromatic nitrogens is 2. The number of hydrogen-bond donors (Lipinski definition) is 2. The fraction of sp³-hybridized carbons (Fsp3) is 0.478. The van der Waals surface area contributed by atoms with E-state index in [-0.39, 0.29) is 23.6 Å². The third-order valence-corrected chi connectivity index (χ3v) is 5.80. The Kier molecular flexibility index (Phi) is 6.25. The minimum Gasteiger partial charge on any atom is -0.489 e. The van der Waals surface area contributed by atoms with Crippen LogP contribution in [0.2, 0.25) is 0 Å². The molecule has 0 spiro atoms. The van der Waals surface area contributed by atoms with Crippen molar-refractivity contribution in [3.63, 3.8) is 0 Å². The maximum Gasteiger partial charge on any atom is 0.257 e. The molecule has 1 saturated carbocycles. The lowest BCUT2D eigenvalue weighted by Crippen LogP contribution is -2.27. The van der Waals surface area contributed by atoms with Crippen molar-refractivity contribution in [2.24, 2.45) is 5.92 Å². The van der Waals surface area contributed by atoms with Crippen molar-refractivity contribution in [1.29, 1.82) is 0 Å². The molecule has 5 rings (SSSR count). The zero-order valence-corrected chi connectivity index (χ0v) is 18.3. The fourth-order valence-electron chi connectivity index (χ4n) is 3.85. The van der Waals surface area contributed by atoms with Crippen molar-refractivity contribution in [3.8, 4) is 11.6 Å². The highest BCUT2D eigenvalue weighted by atomic mass is 16.5. The molecule has 1 saturated heterocycles. The summed E-state index contributed by atoms with van der Waals surface area (Å²) in [7, 11) is 0. The van der Waals surface area contributed by atoms with E-state index >= 15 is 0 Å². The average Bonchev–Trinajstić information content (AvgIpc) is 3.53. The van der Waals surface area contributed by atoms with Crippen molar-refractivity contribution in [2.45, 2.75) is 25.7 Å². The molecular weight excluding hydrogens is 426 g/mol. The highest BCUT2D eigenvalue weighted by Gasteiger charge is 2.30. The topological polar surface area (TPSA) is 115 Å². The highest BCUT2D eigenvalue weighted by molar-refractivity contribution is 5.96. The molecule has 1 aromatic heterocycles. The van der Waals surface area contributed by atoms with Crippen molar-refractivity contribution in [1.82, 2.24) is 15.1 Å². The second-order valence-corrected chi connectivity index (χ2v) is 8.36. The Labute approximate surface area is 191 Å². The largest absolute Gasteiger partial charge is 0.489 e. The monoisotopic (exact) mass is 453 g/mol. The lowest BCUT2D eigenvalue weighted by atomic mass is 10.1. The number of likely N-dealkylation sites (tertiary alicyclic amines) is 1. The summed E-state index contributed by atoms with van der Waals surface area (Å²) < 4.78 is 17.3. The van der Waals surface area contributed by atoms with Gasteiger partial charge in [-0.2, -0.15) is 0 Å². The number of nitrogens with zero attached hydrogens (tertiary/aromatic N) is 3. The van der Waals surface area contributed by atoms with Crippen molar-refractivity contribution in [3.05, 3.63) is 29.8 Å². The number of carbonyl (C=O) groups is 2. The predicted octanol–water partition coefficient (Wildman–Crippen LogP) is 2.59. The zero-order chi connectivity index (χ0) is 22.6. The Morgan fingerprint density at radius 1 is 0.970 bits per heavy atom. The molecular formula is C23H27N5O5. The van der Waals surface area contributed by atoms with Gasteiger partial charge in [-0.1, -0.05) is 0 Å². The van der Waals surface area contributed by atoms with Crippen LogP contribution in [0.3, 0.4) is 0 Å². The second kappa shape index (κ2) is 9.62. The summed E-state index contributed by atoms with van der Waals surface area (Å²) in [6, 6.07) is 7.02. The van der Waals surface area contributed by atoms with Gasteiger partial charge in [0.15, 0.2) is 5.82 Å². The number of ether oxygens (including phenoxy) is 3. The summed E-state index contributed by atoms with van der Waals surface area (Å²) in [6.07, 6.45) is 3.86. The zero-order valence-electron chi connectivity index (χ0n) is 18.3. The molecule has 10 heteroatoms. The second-order valence-electron chi connectivity index (χ2n) is 8.36. The van der Waals surface area contributed by atoms with Crippen LogP contribution in [0.15, 0.2) is 24.3 Å². The molecule has 0 radical (unpaired) electrons. The number of benzene rings is 1. The number of amides is 2. The van der Waals surface area contributed by atoms with E-state index in [2.05, 4.69) is 20.8 Å². The SMILES string of the molecule is O=C(Nc1cc2c(nn1)OCCOCCOc1cc(C(=O)N3CCCC3)ccc1N2)C1CC1. The van der Waals surface area contributed by atoms with Gasteiger partial charge in [0.2, 0.25) is 5.91 Å². The molecule has 1 aliphatic carbocycles. The van der Waals surface area contributed by atoms with Crippen LogP contribution < -0.4 is 20.1 Å². The van der Waals surface area contributed by atoms with Crippen LogP contribution in [0.25, 0.3) is 0 Å². The minimum absolute atomic E-state index is 0.000871. The van der Waals surface area contributed by atoms with E-state index in [0.717, 1.165) is 38.8 Å². The molecule has 2 aliphatic heterocycles. The minimum atomic E-state index is -0.0551. The maximum atomic E-state index is 12.9. The Morgan fingerprint density at radius 2 is 1.76 bits per heavy atom. The molecule has 3 aliphatic rings. The molecule has 0 bridgehead atoms. The molecule has 0 atom stereocenters. The summed E-state index contributed by atoms with van der Waals surface area (Å²) in [5.74, 6) is 1.15. The Bertz CT molecular complexity index is 1040. The van der Waals surface area contributed by atoms with Crippen LogP contribution in [-0.2, 0) is 9.53 Å². The van der Waals surface area contributed by atoms with E-state index < -0.39 is 0 Å². The number of hydrogen-bond acceptors (Lipinski definition) is 8. The average molecular weight is 453 g/mol. The van der Waals surface area contributed by atoms with Gasteiger partial charge in [-0.3, -0.25) is 9.59 Å². The van der Waals surface area contributed by atoms with E-state index in [1.54, 1.807) is 24.3 Å². The molecule has 2 N–H and O–H groups in total. The Balaban J connectivity index is 1.43. The molecule has 0 unspecified atom stereocenters. The third-order valence-electron chi connectivity index (χ3n) is 5.80. The van der Waals surface area contributed by atoms with Crippen LogP contribution >= 0.6 is 0 Å². The molecule has 10 nitrogen and oxygen atoms in total. The molecule has 1 aromatic carbocycles. The number of carbonyl (C=O) groups excluding carboxylic acids is 2. The highest BCUT2D eigenvalue weighted by Crippen LogP contribution is 2.35. The van der Waals surface area contributed by atoms with Crippen LogP contribution in [0, 0.1) is 5.92 Å².